The summed E-state index contributed by atoms with van der Waals surface area (Å²) < 4.78 is 16.6. The molecule has 196 valence electrons. The number of methoxy groups -OCH3 is 1. The summed E-state index contributed by atoms with van der Waals surface area (Å²) in [7, 11) is 8.00. The fourth-order valence-electron chi connectivity index (χ4n) is 3.97. The van der Waals surface area contributed by atoms with E-state index in [2.05, 4.69) is 53.7 Å². The molecule has 1 aliphatic heterocycles. The number of carbonyl (C=O) groups is 2. The molecule has 0 aliphatic carbocycles. The van der Waals surface area contributed by atoms with E-state index in [0.29, 0.717) is 18.5 Å². The number of hydrogen-bond donors (Lipinski definition) is 0. The molecule has 3 aromatic rings. The van der Waals surface area contributed by atoms with Gasteiger partial charge in [0.05, 0.1) is 18.2 Å². The SMILES string of the molecule is COc1ccc2c(CCN(C)C)cn(C)c2c1.O=COCOC(=O)C1=CN(Cc2ccccc2)C=CC1. The van der Waals surface area contributed by atoms with E-state index in [1.807, 2.05) is 53.6 Å². The van der Waals surface area contributed by atoms with Gasteiger partial charge in [0.1, 0.15) is 5.75 Å². The van der Waals surface area contributed by atoms with Crippen molar-refractivity contribution in [3.8, 4) is 5.75 Å². The van der Waals surface area contributed by atoms with Gasteiger partial charge >= 0.3 is 5.97 Å². The first kappa shape index (κ1) is 27.5. The third kappa shape index (κ3) is 8.25. The first-order valence-electron chi connectivity index (χ1n) is 12.1. The Morgan fingerprint density at radius 2 is 1.92 bits per heavy atom. The summed E-state index contributed by atoms with van der Waals surface area (Å²) in [6.07, 6.45) is 9.36. The number of nitrogens with zero attached hydrogens (tertiary/aromatic N) is 3. The van der Waals surface area contributed by atoms with E-state index in [4.69, 9.17) is 9.47 Å². The Morgan fingerprint density at radius 3 is 2.62 bits per heavy atom. The van der Waals surface area contributed by atoms with Gasteiger partial charge in [0, 0.05) is 56.6 Å². The Labute approximate surface area is 218 Å². The highest BCUT2D eigenvalue weighted by molar-refractivity contribution is 5.89. The van der Waals surface area contributed by atoms with Crippen molar-refractivity contribution in [3.05, 3.63) is 89.9 Å². The van der Waals surface area contributed by atoms with Gasteiger partial charge in [-0.3, -0.25) is 4.79 Å². The van der Waals surface area contributed by atoms with Crippen LogP contribution in [0.15, 0.2) is 78.8 Å². The lowest BCUT2D eigenvalue weighted by Gasteiger charge is -2.20. The molecule has 0 atom stereocenters. The summed E-state index contributed by atoms with van der Waals surface area (Å²) in [6.45, 7) is 1.64. The normalized spacial score (nSPS) is 12.6. The van der Waals surface area contributed by atoms with Crippen LogP contribution in [0.25, 0.3) is 10.9 Å². The van der Waals surface area contributed by atoms with Gasteiger partial charge in [-0.25, -0.2) is 4.79 Å². The average molecular weight is 506 g/mol. The summed E-state index contributed by atoms with van der Waals surface area (Å²) in [4.78, 5) is 25.8. The number of hydrogen-bond acceptors (Lipinski definition) is 7. The average Bonchev–Trinajstić information content (AvgIpc) is 3.23. The van der Waals surface area contributed by atoms with E-state index in [1.165, 1.54) is 16.5 Å². The van der Waals surface area contributed by atoms with Crippen LogP contribution in [-0.4, -0.2) is 61.4 Å². The highest BCUT2D eigenvalue weighted by atomic mass is 16.7. The molecule has 4 rings (SSSR count). The maximum Gasteiger partial charge on any atom is 0.338 e. The molecule has 1 aliphatic rings. The fraction of sp³-hybridized carbons (Fsp3) is 0.310. The molecule has 0 spiro atoms. The zero-order valence-corrected chi connectivity index (χ0v) is 21.9. The molecular weight excluding hydrogens is 470 g/mol. The molecule has 0 saturated heterocycles. The highest BCUT2D eigenvalue weighted by Gasteiger charge is 2.14. The topological polar surface area (TPSA) is 73.2 Å². The van der Waals surface area contributed by atoms with Crippen LogP contribution in [0.4, 0.5) is 0 Å². The number of allylic oxidation sites excluding steroid dienone is 1. The zero-order chi connectivity index (χ0) is 26.6. The largest absolute Gasteiger partial charge is 0.497 e. The molecule has 1 aromatic heterocycles. The monoisotopic (exact) mass is 505 g/mol. The van der Waals surface area contributed by atoms with Crippen LogP contribution in [0.1, 0.15) is 17.5 Å². The van der Waals surface area contributed by atoms with Crippen molar-refractivity contribution in [1.82, 2.24) is 14.4 Å². The van der Waals surface area contributed by atoms with E-state index < -0.39 is 5.97 Å². The van der Waals surface area contributed by atoms with E-state index in [9.17, 15) is 9.59 Å². The molecule has 0 unspecified atom stereocenters. The number of aryl methyl sites for hydroxylation is 1. The predicted octanol–water partition coefficient (Wildman–Crippen LogP) is 4.25. The van der Waals surface area contributed by atoms with Crippen molar-refractivity contribution in [2.75, 3.05) is 34.5 Å². The maximum atomic E-state index is 11.7. The van der Waals surface area contributed by atoms with Crippen LogP contribution in [-0.2, 0) is 39.1 Å². The van der Waals surface area contributed by atoms with Crippen LogP contribution < -0.4 is 4.74 Å². The highest BCUT2D eigenvalue weighted by Crippen LogP contribution is 2.25. The molecule has 0 N–H and O–H groups in total. The summed E-state index contributed by atoms with van der Waals surface area (Å²) in [5, 5.41) is 1.33. The van der Waals surface area contributed by atoms with Crippen LogP contribution in [0.5, 0.6) is 5.75 Å². The number of aromatic nitrogens is 1. The lowest BCUT2D eigenvalue weighted by molar-refractivity contribution is -0.156. The molecular formula is C29H35N3O5. The van der Waals surface area contributed by atoms with Crippen LogP contribution in [0.3, 0.4) is 0 Å². The number of benzene rings is 2. The third-order valence-corrected chi connectivity index (χ3v) is 5.86. The van der Waals surface area contributed by atoms with Crippen LogP contribution in [0.2, 0.25) is 0 Å². The Morgan fingerprint density at radius 1 is 1.14 bits per heavy atom. The molecule has 8 nitrogen and oxygen atoms in total. The fourth-order valence-corrected chi connectivity index (χ4v) is 3.97. The predicted molar refractivity (Wildman–Crippen MR) is 144 cm³/mol. The van der Waals surface area contributed by atoms with Gasteiger partial charge in [0.15, 0.2) is 0 Å². The van der Waals surface area contributed by atoms with Crippen molar-refractivity contribution in [3.63, 3.8) is 0 Å². The number of fused-ring (bicyclic) bond motifs is 1. The Balaban J connectivity index is 0.000000208. The molecule has 37 heavy (non-hydrogen) atoms. The van der Waals surface area contributed by atoms with E-state index in [1.54, 1.807) is 13.3 Å². The van der Waals surface area contributed by atoms with E-state index in [0.717, 1.165) is 24.3 Å². The van der Waals surface area contributed by atoms with Crippen molar-refractivity contribution in [2.24, 2.45) is 7.05 Å². The number of esters is 1. The lowest BCUT2D eigenvalue weighted by atomic mass is 10.1. The van der Waals surface area contributed by atoms with Gasteiger partial charge in [0.2, 0.25) is 6.79 Å². The molecule has 0 fully saturated rings. The van der Waals surface area contributed by atoms with Gasteiger partial charge < -0.3 is 28.6 Å². The second kappa shape index (κ2) is 13.9. The molecule has 0 saturated carbocycles. The third-order valence-electron chi connectivity index (χ3n) is 5.86. The van der Waals surface area contributed by atoms with E-state index in [-0.39, 0.29) is 13.3 Å². The second-order valence-corrected chi connectivity index (χ2v) is 8.92. The van der Waals surface area contributed by atoms with Crippen molar-refractivity contribution in [2.45, 2.75) is 19.4 Å². The minimum Gasteiger partial charge on any atom is -0.497 e. The minimum absolute atomic E-state index is 0.240. The molecule has 2 heterocycles. The van der Waals surface area contributed by atoms with Crippen LogP contribution >= 0.6 is 0 Å². The number of ether oxygens (including phenoxy) is 3. The summed E-state index contributed by atoms with van der Waals surface area (Å²) in [5.74, 6) is 0.437. The Kier molecular flexibility index (Phi) is 10.3. The van der Waals surface area contributed by atoms with Crippen LogP contribution in [0, 0.1) is 0 Å². The molecule has 0 bridgehead atoms. The first-order chi connectivity index (χ1) is 17.9. The Bertz CT molecular complexity index is 1230. The summed E-state index contributed by atoms with van der Waals surface area (Å²) in [5.41, 5.74) is 4.31. The van der Waals surface area contributed by atoms with Gasteiger partial charge in [0.25, 0.3) is 6.47 Å². The maximum absolute atomic E-state index is 11.7. The second-order valence-electron chi connectivity index (χ2n) is 8.92. The molecule has 0 radical (unpaired) electrons. The lowest BCUT2D eigenvalue weighted by Crippen LogP contribution is -2.18. The summed E-state index contributed by atoms with van der Waals surface area (Å²) >= 11 is 0. The van der Waals surface area contributed by atoms with Gasteiger partial charge in [-0.1, -0.05) is 36.4 Å². The van der Waals surface area contributed by atoms with Crippen molar-refractivity contribution in [1.29, 1.82) is 0 Å². The Hall–Kier alpha value is -4.04. The molecule has 2 aromatic carbocycles. The smallest absolute Gasteiger partial charge is 0.338 e. The van der Waals surface area contributed by atoms with E-state index >= 15 is 0 Å². The standard InChI is InChI=1S/C15H15NO4.C14H20N2O/c17-11-19-12-20-15(18)14-7-4-8-16(10-14)9-13-5-2-1-3-6-13;1-15(2)8-7-11-10-16(3)14-9-12(17-4)5-6-13(11)14/h1-6,8,10-11H,7,9,12H2;5-6,9-10H,7-8H2,1-4H3. The van der Waals surface area contributed by atoms with Gasteiger partial charge in [-0.2, -0.15) is 0 Å². The summed E-state index contributed by atoms with van der Waals surface area (Å²) in [6, 6.07) is 16.2. The number of carbonyl (C=O) groups excluding carboxylic acids is 2. The molecule has 0 amide bonds. The molecule has 8 heteroatoms. The van der Waals surface area contributed by atoms with Crippen molar-refractivity contribution >= 4 is 23.3 Å². The zero-order valence-electron chi connectivity index (χ0n) is 21.9. The number of rotatable bonds is 10. The first-order valence-corrected chi connectivity index (χ1v) is 12.1. The number of likely N-dealkylation sites (N-methyl/N-ethyl adjacent to an activating group) is 1. The van der Waals surface area contributed by atoms with Gasteiger partial charge in [-0.15, -0.1) is 0 Å². The van der Waals surface area contributed by atoms with Crippen molar-refractivity contribution < 1.29 is 23.8 Å². The quantitative estimate of drug-likeness (QED) is 0.176. The minimum atomic E-state index is -0.478. The van der Waals surface area contributed by atoms with Gasteiger partial charge in [-0.05, 0) is 43.8 Å².